The Kier molecular flexibility index (Phi) is 6.63. The maximum Gasteiger partial charge on any atom is 0.252 e. The van der Waals surface area contributed by atoms with Crippen molar-refractivity contribution in [3.63, 3.8) is 0 Å². The molecule has 2 aromatic carbocycles. The molecule has 128 valence electrons. The van der Waals surface area contributed by atoms with Gasteiger partial charge in [0.2, 0.25) is 3.79 Å². The Morgan fingerprint density at radius 1 is 1.08 bits per heavy atom. The van der Waals surface area contributed by atoms with Gasteiger partial charge in [-0.3, -0.25) is 4.79 Å². The highest BCUT2D eigenvalue weighted by atomic mass is 79.9. The molecule has 2 N–H and O–H groups in total. The first-order chi connectivity index (χ1) is 11.3. The summed E-state index contributed by atoms with van der Waals surface area (Å²) in [5.74, 6) is 0.338. The minimum Gasteiger partial charge on any atom is -0.497 e. The fraction of sp³-hybridized carbons (Fsp3) is 0.188. The number of nitrogens with one attached hydrogen (secondary N) is 2. The van der Waals surface area contributed by atoms with E-state index < -0.39 is 9.96 Å². The number of anilines is 1. The van der Waals surface area contributed by atoms with Crippen molar-refractivity contribution < 1.29 is 9.53 Å². The maximum absolute atomic E-state index is 12.3. The van der Waals surface area contributed by atoms with Crippen LogP contribution in [0.15, 0.2) is 53.0 Å². The fourth-order valence-electron chi connectivity index (χ4n) is 1.87. The lowest BCUT2D eigenvalue weighted by Gasteiger charge is -2.27. The second kappa shape index (κ2) is 8.30. The zero-order valence-electron chi connectivity index (χ0n) is 12.5. The van der Waals surface area contributed by atoms with Crippen molar-refractivity contribution in [3.05, 3.63) is 58.6 Å². The van der Waals surface area contributed by atoms with E-state index in [2.05, 4.69) is 26.6 Å². The molecule has 0 aromatic heterocycles. The van der Waals surface area contributed by atoms with Gasteiger partial charge in [0.25, 0.3) is 5.91 Å². The average Bonchev–Trinajstić information content (AvgIpc) is 2.54. The van der Waals surface area contributed by atoms with Gasteiger partial charge in [-0.1, -0.05) is 50.7 Å². The summed E-state index contributed by atoms with van der Waals surface area (Å²) < 4.78 is 4.22. The highest BCUT2D eigenvalue weighted by Crippen LogP contribution is 2.31. The van der Waals surface area contributed by atoms with Crippen LogP contribution < -0.4 is 15.4 Å². The Morgan fingerprint density at radius 2 is 1.67 bits per heavy atom. The molecule has 1 atom stereocenters. The molecule has 0 saturated carbocycles. The molecule has 0 aliphatic heterocycles. The van der Waals surface area contributed by atoms with E-state index >= 15 is 0 Å². The molecule has 2 rings (SSSR count). The number of halogens is 4. The van der Waals surface area contributed by atoms with Crippen LogP contribution in [-0.4, -0.2) is 23.0 Å². The van der Waals surface area contributed by atoms with Crippen LogP contribution in [0.25, 0.3) is 0 Å². The lowest BCUT2D eigenvalue weighted by Crippen LogP contribution is -2.49. The molecule has 0 saturated heterocycles. The van der Waals surface area contributed by atoms with Crippen LogP contribution in [0, 0.1) is 0 Å². The SMILES string of the molecule is COc1ccc(N[C@@H](NC(=O)c2ccc(Br)cc2)C(Cl)(Cl)Cl)cc1. The minimum absolute atomic E-state index is 0.361. The highest BCUT2D eigenvalue weighted by molar-refractivity contribution is 9.10. The Hall–Kier alpha value is -1.14. The predicted molar refractivity (Wildman–Crippen MR) is 102 cm³/mol. The van der Waals surface area contributed by atoms with Gasteiger partial charge in [0.05, 0.1) is 7.11 Å². The summed E-state index contributed by atoms with van der Waals surface area (Å²) in [6.07, 6.45) is -0.924. The Balaban J connectivity index is 2.13. The van der Waals surface area contributed by atoms with Crippen molar-refractivity contribution >= 4 is 62.3 Å². The summed E-state index contributed by atoms with van der Waals surface area (Å²) in [5, 5.41) is 5.67. The van der Waals surface area contributed by atoms with Crippen molar-refractivity contribution in [2.75, 3.05) is 12.4 Å². The molecule has 8 heteroatoms. The zero-order chi connectivity index (χ0) is 17.7. The van der Waals surface area contributed by atoms with Crippen LogP contribution in [0.4, 0.5) is 5.69 Å². The quantitative estimate of drug-likeness (QED) is 0.496. The number of benzene rings is 2. The van der Waals surface area contributed by atoms with Crippen LogP contribution in [0.2, 0.25) is 0 Å². The Labute approximate surface area is 163 Å². The molecule has 0 aliphatic rings. The van der Waals surface area contributed by atoms with Crippen LogP contribution in [0.3, 0.4) is 0 Å². The fourth-order valence-corrected chi connectivity index (χ4v) is 2.46. The van der Waals surface area contributed by atoms with E-state index in [1.54, 1.807) is 55.6 Å². The van der Waals surface area contributed by atoms with E-state index in [9.17, 15) is 4.79 Å². The molecule has 0 unspecified atom stereocenters. The van der Waals surface area contributed by atoms with Gasteiger partial charge < -0.3 is 15.4 Å². The molecule has 0 spiro atoms. The predicted octanol–water partition coefficient (Wildman–Crippen LogP) is 5.00. The Bertz CT molecular complexity index is 688. The van der Waals surface area contributed by atoms with E-state index in [4.69, 9.17) is 39.5 Å². The summed E-state index contributed by atoms with van der Waals surface area (Å²) in [5.41, 5.74) is 1.12. The molecule has 0 heterocycles. The number of rotatable bonds is 5. The number of ether oxygens (including phenoxy) is 1. The number of amides is 1. The molecule has 4 nitrogen and oxygen atoms in total. The number of hydrogen-bond donors (Lipinski definition) is 2. The summed E-state index contributed by atoms with van der Waals surface area (Å²) in [7, 11) is 1.57. The molecule has 1 amide bonds. The third-order valence-corrected chi connectivity index (χ3v) is 4.29. The van der Waals surface area contributed by atoms with E-state index in [1.165, 1.54) is 0 Å². The number of carbonyl (C=O) groups excluding carboxylic acids is 1. The topological polar surface area (TPSA) is 50.4 Å². The summed E-state index contributed by atoms with van der Waals surface area (Å²) in [6, 6.07) is 13.9. The lowest BCUT2D eigenvalue weighted by molar-refractivity contribution is 0.0942. The van der Waals surface area contributed by atoms with Crippen molar-refractivity contribution in [1.82, 2.24) is 5.32 Å². The van der Waals surface area contributed by atoms with Crippen molar-refractivity contribution in [1.29, 1.82) is 0 Å². The standard InChI is InChI=1S/C16H14BrCl3N2O2/c1-24-13-8-6-12(7-9-13)21-15(16(18,19)20)22-14(23)10-2-4-11(17)5-3-10/h2-9,15,21H,1H3,(H,22,23)/t15-/m0/s1. The van der Waals surface area contributed by atoms with E-state index in [1.807, 2.05) is 0 Å². The first-order valence-corrected chi connectivity index (χ1v) is 8.76. The molecule has 24 heavy (non-hydrogen) atoms. The third kappa shape index (κ3) is 5.45. The number of alkyl halides is 3. The van der Waals surface area contributed by atoms with Gasteiger partial charge in [-0.2, -0.15) is 0 Å². The van der Waals surface area contributed by atoms with E-state index in [0.29, 0.717) is 17.0 Å². The molecule has 2 aromatic rings. The highest BCUT2D eigenvalue weighted by Gasteiger charge is 2.34. The first kappa shape index (κ1) is 19.2. The largest absolute Gasteiger partial charge is 0.497 e. The van der Waals surface area contributed by atoms with Crippen molar-refractivity contribution in [3.8, 4) is 5.75 Å². The van der Waals surface area contributed by atoms with Gasteiger partial charge in [-0.15, -0.1) is 0 Å². The van der Waals surface area contributed by atoms with Crippen LogP contribution in [-0.2, 0) is 0 Å². The van der Waals surface area contributed by atoms with Gasteiger partial charge in [0.1, 0.15) is 11.9 Å². The molecule has 0 aliphatic carbocycles. The molecule has 0 radical (unpaired) electrons. The monoisotopic (exact) mass is 450 g/mol. The van der Waals surface area contributed by atoms with Crippen LogP contribution in [0.1, 0.15) is 10.4 Å². The Morgan fingerprint density at radius 3 is 2.17 bits per heavy atom. The van der Waals surface area contributed by atoms with E-state index in [-0.39, 0.29) is 5.91 Å². The van der Waals surface area contributed by atoms with Gasteiger partial charge in [-0.25, -0.2) is 0 Å². The smallest absolute Gasteiger partial charge is 0.252 e. The second-order valence-electron chi connectivity index (χ2n) is 4.83. The number of methoxy groups -OCH3 is 1. The summed E-state index contributed by atoms with van der Waals surface area (Å²) in [4.78, 5) is 12.3. The summed E-state index contributed by atoms with van der Waals surface area (Å²) in [6.45, 7) is 0. The lowest BCUT2D eigenvalue weighted by atomic mass is 10.2. The molecule has 0 bridgehead atoms. The third-order valence-electron chi connectivity index (χ3n) is 3.11. The number of carbonyl (C=O) groups is 1. The van der Waals surface area contributed by atoms with Crippen molar-refractivity contribution in [2.45, 2.75) is 9.96 Å². The van der Waals surface area contributed by atoms with Crippen molar-refractivity contribution in [2.24, 2.45) is 0 Å². The second-order valence-corrected chi connectivity index (χ2v) is 8.11. The van der Waals surface area contributed by atoms with Crippen LogP contribution in [0.5, 0.6) is 5.75 Å². The van der Waals surface area contributed by atoms with Crippen LogP contribution >= 0.6 is 50.7 Å². The minimum atomic E-state index is -1.75. The normalized spacial score (nSPS) is 12.4. The summed E-state index contributed by atoms with van der Waals surface area (Å²) >= 11 is 21.3. The molecular formula is C16H14BrCl3N2O2. The number of hydrogen-bond acceptors (Lipinski definition) is 3. The zero-order valence-corrected chi connectivity index (χ0v) is 16.4. The molecular weight excluding hydrogens is 438 g/mol. The van der Waals surface area contributed by atoms with Gasteiger partial charge >= 0.3 is 0 Å². The maximum atomic E-state index is 12.3. The van der Waals surface area contributed by atoms with Gasteiger partial charge in [0, 0.05) is 15.7 Å². The first-order valence-electron chi connectivity index (χ1n) is 6.83. The van der Waals surface area contributed by atoms with E-state index in [0.717, 1.165) is 4.47 Å². The van der Waals surface area contributed by atoms with Gasteiger partial charge in [-0.05, 0) is 48.5 Å². The molecule has 0 fully saturated rings. The van der Waals surface area contributed by atoms with Gasteiger partial charge in [0.15, 0.2) is 0 Å². The average molecular weight is 453 g/mol.